The van der Waals surface area contributed by atoms with E-state index < -0.39 is 0 Å². The maximum Gasteiger partial charge on any atom is 0.269 e. The largest absolute Gasteiger partial charge is 0.351 e. The number of amides is 1. The molecule has 0 aromatic carbocycles. The van der Waals surface area contributed by atoms with Gasteiger partial charge in [0.05, 0.1) is 0 Å². The second-order valence-corrected chi connectivity index (χ2v) is 4.30. The van der Waals surface area contributed by atoms with Gasteiger partial charge in [-0.15, -0.1) is 0 Å². The number of nitrogens with one attached hydrogen (secondary N) is 1. The highest BCUT2D eigenvalue weighted by atomic mass is 127. The molecule has 0 unspecified atom stereocenters. The molecule has 1 N–H and O–H groups in total. The summed E-state index contributed by atoms with van der Waals surface area (Å²) >= 11 is 2.36. The number of carbonyl (C=O) groups excluding carboxylic acids is 1. The van der Waals surface area contributed by atoms with E-state index in [0.717, 1.165) is 13.0 Å². The molecule has 0 fully saturated rings. The maximum atomic E-state index is 11.5. The molecule has 1 amide bonds. The van der Waals surface area contributed by atoms with Crippen molar-refractivity contribution >= 4 is 28.5 Å². The molecule has 1 rings (SSSR count). The second kappa shape index (κ2) is 7.62. The van der Waals surface area contributed by atoms with E-state index in [9.17, 15) is 4.79 Å². The fourth-order valence-electron chi connectivity index (χ4n) is 1.19. The number of halogens is 1. The minimum Gasteiger partial charge on any atom is -0.351 e. The molecule has 82 valence electrons. The smallest absolute Gasteiger partial charge is 0.269 e. The van der Waals surface area contributed by atoms with Crippen LogP contribution in [0.2, 0.25) is 0 Å². The molecule has 0 bridgehead atoms. The normalized spacial score (nSPS) is 9.93. The van der Waals surface area contributed by atoms with Crippen LogP contribution in [0.1, 0.15) is 29.8 Å². The molecule has 1 aromatic rings. The summed E-state index contributed by atoms with van der Waals surface area (Å²) in [6, 6.07) is 5.34. The molecule has 0 aliphatic carbocycles. The van der Waals surface area contributed by atoms with Gasteiger partial charge in [0.2, 0.25) is 0 Å². The number of carbonyl (C=O) groups is 1. The quantitative estimate of drug-likeness (QED) is 0.497. The molecule has 1 aromatic heterocycles. The highest BCUT2D eigenvalue weighted by Crippen LogP contribution is 1.98. The number of hydrogen-bond acceptors (Lipinski definition) is 2. The zero-order valence-electron chi connectivity index (χ0n) is 8.58. The summed E-state index contributed by atoms with van der Waals surface area (Å²) in [5.74, 6) is -0.0786. The summed E-state index contributed by atoms with van der Waals surface area (Å²) in [6.07, 6.45) is 5.07. The van der Waals surface area contributed by atoms with Crippen LogP contribution in [-0.2, 0) is 0 Å². The first-order valence-electron chi connectivity index (χ1n) is 5.10. The Balaban J connectivity index is 2.20. The van der Waals surface area contributed by atoms with Crippen molar-refractivity contribution in [3.63, 3.8) is 0 Å². The molecule has 0 atom stereocenters. The van der Waals surface area contributed by atoms with E-state index in [1.165, 1.54) is 17.3 Å². The number of pyridine rings is 1. The van der Waals surface area contributed by atoms with Crippen molar-refractivity contribution in [2.45, 2.75) is 19.3 Å². The molecular formula is C11H15IN2O. The summed E-state index contributed by atoms with van der Waals surface area (Å²) < 4.78 is 1.19. The first-order valence-corrected chi connectivity index (χ1v) is 6.62. The van der Waals surface area contributed by atoms with Gasteiger partial charge in [-0.1, -0.05) is 35.1 Å². The van der Waals surface area contributed by atoms with Crippen molar-refractivity contribution < 1.29 is 4.79 Å². The van der Waals surface area contributed by atoms with Gasteiger partial charge in [0.25, 0.3) is 5.91 Å². The maximum absolute atomic E-state index is 11.5. The van der Waals surface area contributed by atoms with Crippen molar-refractivity contribution in [3.05, 3.63) is 30.1 Å². The standard InChI is InChI=1S/C11H15IN2O/c12-7-3-1-4-9-14-11(15)10-6-2-5-8-13-10/h2,5-6,8H,1,3-4,7,9H2,(H,14,15). The van der Waals surface area contributed by atoms with Gasteiger partial charge in [-0.05, 0) is 29.4 Å². The van der Waals surface area contributed by atoms with E-state index in [0.29, 0.717) is 5.69 Å². The molecule has 15 heavy (non-hydrogen) atoms. The lowest BCUT2D eigenvalue weighted by molar-refractivity contribution is 0.0948. The zero-order chi connectivity index (χ0) is 10.9. The average molecular weight is 318 g/mol. The Labute approximate surface area is 104 Å². The van der Waals surface area contributed by atoms with Crippen LogP contribution in [0.5, 0.6) is 0 Å². The Hall–Kier alpha value is -0.650. The number of nitrogens with zero attached hydrogens (tertiary/aromatic N) is 1. The third-order valence-corrected chi connectivity index (χ3v) is 2.76. The molecule has 0 aliphatic rings. The van der Waals surface area contributed by atoms with Gasteiger partial charge in [-0.2, -0.15) is 0 Å². The molecular weight excluding hydrogens is 303 g/mol. The fraction of sp³-hybridized carbons (Fsp3) is 0.455. The zero-order valence-corrected chi connectivity index (χ0v) is 10.7. The first kappa shape index (κ1) is 12.4. The highest BCUT2D eigenvalue weighted by molar-refractivity contribution is 14.1. The van der Waals surface area contributed by atoms with Crippen molar-refractivity contribution in [1.82, 2.24) is 10.3 Å². The van der Waals surface area contributed by atoms with Crippen LogP contribution in [0.15, 0.2) is 24.4 Å². The van der Waals surface area contributed by atoms with Gasteiger partial charge in [0, 0.05) is 12.7 Å². The van der Waals surface area contributed by atoms with Crippen molar-refractivity contribution in [1.29, 1.82) is 0 Å². The SMILES string of the molecule is O=C(NCCCCCI)c1ccccn1. The molecule has 0 spiro atoms. The predicted molar refractivity (Wildman–Crippen MR) is 69.3 cm³/mol. The third kappa shape index (κ3) is 5.11. The predicted octanol–water partition coefficient (Wildman–Crippen LogP) is 2.42. The summed E-state index contributed by atoms with van der Waals surface area (Å²) in [4.78, 5) is 15.5. The number of rotatable bonds is 6. The Morgan fingerprint density at radius 2 is 2.20 bits per heavy atom. The van der Waals surface area contributed by atoms with E-state index >= 15 is 0 Å². The number of aromatic nitrogens is 1. The van der Waals surface area contributed by atoms with Crippen molar-refractivity contribution in [2.75, 3.05) is 11.0 Å². The lowest BCUT2D eigenvalue weighted by Crippen LogP contribution is -2.25. The van der Waals surface area contributed by atoms with E-state index in [1.807, 2.05) is 6.07 Å². The minimum absolute atomic E-state index is 0.0786. The van der Waals surface area contributed by atoms with E-state index in [1.54, 1.807) is 18.3 Å². The molecule has 1 heterocycles. The van der Waals surface area contributed by atoms with Crippen molar-refractivity contribution in [2.24, 2.45) is 0 Å². The van der Waals surface area contributed by atoms with Gasteiger partial charge in [-0.25, -0.2) is 0 Å². The number of hydrogen-bond donors (Lipinski definition) is 1. The van der Waals surface area contributed by atoms with Crippen LogP contribution in [-0.4, -0.2) is 21.9 Å². The van der Waals surface area contributed by atoms with Gasteiger partial charge in [0.15, 0.2) is 0 Å². The third-order valence-electron chi connectivity index (χ3n) is 1.99. The average Bonchev–Trinajstić information content (AvgIpc) is 2.30. The highest BCUT2D eigenvalue weighted by Gasteiger charge is 2.03. The van der Waals surface area contributed by atoms with Gasteiger partial charge in [-0.3, -0.25) is 9.78 Å². The Morgan fingerprint density at radius 1 is 1.33 bits per heavy atom. The van der Waals surface area contributed by atoms with Crippen LogP contribution in [0.3, 0.4) is 0 Å². The van der Waals surface area contributed by atoms with Gasteiger partial charge < -0.3 is 5.32 Å². The molecule has 0 radical (unpaired) electrons. The molecule has 0 saturated carbocycles. The van der Waals surface area contributed by atoms with E-state index in [-0.39, 0.29) is 5.91 Å². The van der Waals surface area contributed by atoms with E-state index in [4.69, 9.17) is 0 Å². The van der Waals surface area contributed by atoms with Crippen LogP contribution < -0.4 is 5.32 Å². The monoisotopic (exact) mass is 318 g/mol. The second-order valence-electron chi connectivity index (χ2n) is 3.22. The van der Waals surface area contributed by atoms with Crippen LogP contribution >= 0.6 is 22.6 Å². The van der Waals surface area contributed by atoms with E-state index in [2.05, 4.69) is 32.9 Å². The van der Waals surface area contributed by atoms with Crippen molar-refractivity contribution in [3.8, 4) is 0 Å². The Bertz CT molecular complexity index is 290. The van der Waals surface area contributed by atoms with Crippen LogP contribution in [0.4, 0.5) is 0 Å². The van der Waals surface area contributed by atoms with Crippen LogP contribution in [0, 0.1) is 0 Å². The fourth-order valence-corrected chi connectivity index (χ4v) is 1.73. The number of alkyl halides is 1. The lowest BCUT2D eigenvalue weighted by Gasteiger charge is -2.03. The van der Waals surface area contributed by atoms with Gasteiger partial charge >= 0.3 is 0 Å². The van der Waals surface area contributed by atoms with Gasteiger partial charge in [0.1, 0.15) is 5.69 Å². The minimum atomic E-state index is -0.0786. The molecule has 0 aliphatic heterocycles. The lowest BCUT2D eigenvalue weighted by atomic mass is 10.2. The Kier molecular flexibility index (Phi) is 6.31. The molecule has 4 heteroatoms. The number of unbranched alkanes of at least 4 members (excludes halogenated alkanes) is 2. The Morgan fingerprint density at radius 3 is 2.87 bits per heavy atom. The summed E-state index contributed by atoms with van der Waals surface area (Å²) in [5, 5.41) is 2.85. The first-order chi connectivity index (χ1) is 7.34. The molecule has 0 saturated heterocycles. The topological polar surface area (TPSA) is 42.0 Å². The summed E-state index contributed by atoms with van der Waals surface area (Å²) in [7, 11) is 0. The van der Waals surface area contributed by atoms with Crippen LogP contribution in [0.25, 0.3) is 0 Å². The summed E-state index contributed by atoms with van der Waals surface area (Å²) in [5.41, 5.74) is 0.492. The molecule has 3 nitrogen and oxygen atoms in total. The summed E-state index contributed by atoms with van der Waals surface area (Å²) in [6.45, 7) is 0.742.